The van der Waals surface area contributed by atoms with E-state index in [9.17, 15) is 18.0 Å². The predicted octanol–water partition coefficient (Wildman–Crippen LogP) is 4.06. The van der Waals surface area contributed by atoms with Crippen LogP contribution >= 0.6 is 11.8 Å². The van der Waals surface area contributed by atoms with Crippen LogP contribution in [-0.4, -0.2) is 38.3 Å². The Kier molecular flexibility index (Phi) is 5.26. The van der Waals surface area contributed by atoms with Gasteiger partial charge in [-0.05, 0) is 54.3 Å². The number of hydrogen-bond donors (Lipinski definition) is 0. The molecular weight excluding hydrogens is 418 g/mol. The highest BCUT2D eigenvalue weighted by Gasteiger charge is 2.35. The highest BCUT2D eigenvalue weighted by Crippen LogP contribution is 2.35. The highest BCUT2D eigenvalue weighted by molar-refractivity contribution is 7.98. The van der Waals surface area contributed by atoms with E-state index in [-0.39, 0.29) is 38.2 Å². The molecule has 5 nitrogen and oxygen atoms in total. The summed E-state index contributed by atoms with van der Waals surface area (Å²) in [5, 5.41) is 0. The molecule has 1 heterocycles. The zero-order valence-electron chi connectivity index (χ0n) is 16.5. The number of rotatable bonds is 4. The van der Waals surface area contributed by atoms with E-state index in [1.165, 1.54) is 35.2 Å². The molecule has 4 rings (SSSR count). The maximum Gasteiger partial charge on any atom is 0.253 e. The molecule has 0 spiro atoms. The van der Waals surface area contributed by atoms with Crippen LogP contribution in [0.15, 0.2) is 81.4 Å². The molecule has 0 fully saturated rings. The van der Waals surface area contributed by atoms with Gasteiger partial charge in [0, 0.05) is 35.2 Å². The molecule has 3 aromatic rings. The van der Waals surface area contributed by atoms with E-state index in [4.69, 9.17) is 0 Å². The van der Waals surface area contributed by atoms with Crippen molar-refractivity contribution in [2.24, 2.45) is 0 Å². The molecule has 7 heteroatoms. The number of amides is 1. The normalized spacial score (nSPS) is 14.0. The molecular formula is C23H19NO4S2. The SMILES string of the molecule is CSc1ccc(CN(C)C(=O)c2ccc3c(c2)S(=O)(=O)c2ccccc2C3=O)cc1. The van der Waals surface area contributed by atoms with Gasteiger partial charge in [-0.1, -0.05) is 24.3 Å². The summed E-state index contributed by atoms with van der Waals surface area (Å²) in [6.07, 6.45) is 2.00. The summed E-state index contributed by atoms with van der Waals surface area (Å²) in [4.78, 5) is 28.2. The van der Waals surface area contributed by atoms with E-state index < -0.39 is 9.84 Å². The largest absolute Gasteiger partial charge is 0.337 e. The number of carbonyl (C=O) groups excluding carboxylic acids is 2. The van der Waals surface area contributed by atoms with E-state index in [2.05, 4.69) is 0 Å². The molecule has 30 heavy (non-hydrogen) atoms. The first-order valence-electron chi connectivity index (χ1n) is 9.24. The average Bonchev–Trinajstić information content (AvgIpc) is 2.77. The number of sulfone groups is 1. The molecule has 0 N–H and O–H groups in total. The van der Waals surface area contributed by atoms with Crippen LogP contribution < -0.4 is 0 Å². The van der Waals surface area contributed by atoms with E-state index in [1.54, 1.807) is 30.9 Å². The first kappa shape index (κ1) is 20.4. The Morgan fingerprint density at radius 1 is 0.933 bits per heavy atom. The Bertz CT molecular complexity index is 1260. The van der Waals surface area contributed by atoms with Gasteiger partial charge in [0.2, 0.25) is 9.84 Å². The molecule has 0 saturated heterocycles. The fraction of sp³-hybridized carbons (Fsp3) is 0.130. The van der Waals surface area contributed by atoms with E-state index in [0.717, 1.165) is 10.5 Å². The molecule has 1 amide bonds. The number of carbonyl (C=O) groups is 2. The summed E-state index contributed by atoms with van der Waals surface area (Å²) in [5.74, 6) is -0.662. The molecule has 0 bridgehead atoms. The van der Waals surface area contributed by atoms with Gasteiger partial charge in [-0.3, -0.25) is 9.59 Å². The van der Waals surface area contributed by atoms with Crippen molar-refractivity contribution in [3.8, 4) is 0 Å². The van der Waals surface area contributed by atoms with Gasteiger partial charge < -0.3 is 4.90 Å². The Hall–Kier alpha value is -2.90. The zero-order valence-corrected chi connectivity index (χ0v) is 18.1. The van der Waals surface area contributed by atoms with Crippen molar-refractivity contribution in [3.05, 3.63) is 89.0 Å². The average molecular weight is 438 g/mol. The number of benzene rings is 3. The third kappa shape index (κ3) is 3.44. The molecule has 0 atom stereocenters. The topological polar surface area (TPSA) is 71.5 Å². The van der Waals surface area contributed by atoms with Gasteiger partial charge in [0.25, 0.3) is 5.91 Å². The number of nitrogens with zero attached hydrogens (tertiary/aromatic N) is 1. The number of fused-ring (bicyclic) bond motifs is 2. The molecule has 1 aliphatic heterocycles. The highest BCUT2D eigenvalue weighted by atomic mass is 32.2. The van der Waals surface area contributed by atoms with E-state index in [1.807, 2.05) is 30.5 Å². The third-order valence-electron chi connectivity index (χ3n) is 5.11. The summed E-state index contributed by atoms with van der Waals surface area (Å²) in [6.45, 7) is 0.388. The fourth-order valence-electron chi connectivity index (χ4n) is 3.51. The standard InChI is InChI=1S/C23H19NO4S2/c1-24(14-15-7-10-17(29-2)11-8-15)23(26)16-9-12-19-21(13-16)30(27,28)20-6-4-3-5-18(20)22(19)25/h3-13H,14H2,1-2H3. The van der Waals surface area contributed by atoms with Gasteiger partial charge in [0.1, 0.15) is 0 Å². The van der Waals surface area contributed by atoms with E-state index >= 15 is 0 Å². The van der Waals surface area contributed by atoms with Gasteiger partial charge in [0.15, 0.2) is 5.78 Å². The molecule has 0 aromatic heterocycles. The van der Waals surface area contributed by atoms with Crippen LogP contribution in [0.1, 0.15) is 31.8 Å². The molecule has 0 unspecified atom stereocenters. The third-order valence-corrected chi connectivity index (χ3v) is 7.70. The number of ketones is 1. The monoisotopic (exact) mass is 437 g/mol. The minimum atomic E-state index is -3.88. The van der Waals surface area contributed by atoms with Crippen molar-refractivity contribution in [1.29, 1.82) is 0 Å². The lowest BCUT2D eigenvalue weighted by Crippen LogP contribution is -2.27. The van der Waals surface area contributed by atoms with Gasteiger partial charge in [-0.15, -0.1) is 11.8 Å². The summed E-state index contributed by atoms with van der Waals surface area (Å²) in [5.41, 5.74) is 1.46. The van der Waals surface area contributed by atoms with Gasteiger partial charge >= 0.3 is 0 Å². The van der Waals surface area contributed by atoms with Crippen molar-refractivity contribution in [2.45, 2.75) is 21.2 Å². The summed E-state index contributed by atoms with van der Waals surface area (Å²) >= 11 is 1.64. The maximum absolute atomic E-state index is 13.1. The van der Waals surface area contributed by atoms with Crippen LogP contribution in [0.4, 0.5) is 0 Å². The van der Waals surface area contributed by atoms with Gasteiger partial charge in [0.05, 0.1) is 9.79 Å². The molecule has 152 valence electrons. The maximum atomic E-state index is 13.1. The Balaban J connectivity index is 1.66. The first-order chi connectivity index (χ1) is 14.3. The van der Waals surface area contributed by atoms with Gasteiger partial charge in [-0.25, -0.2) is 8.42 Å². The molecule has 1 aliphatic rings. The quantitative estimate of drug-likeness (QED) is 0.450. The van der Waals surface area contributed by atoms with Crippen molar-refractivity contribution in [1.82, 2.24) is 4.90 Å². The summed E-state index contributed by atoms with van der Waals surface area (Å²) in [6, 6.07) is 18.3. The minimum absolute atomic E-state index is 0.0191. The van der Waals surface area contributed by atoms with Gasteiger partial charge in [-0.2, -0.15) is 0 Å². The lowest BCUT2D eigenvalue weighted by atomic mass is 10.0. The van der Waals surface area contributed by atoms with Crippen LogP contribution in [0, 0.1) is 0 Å². The second kappa shape index (κ2) is 7.74. The Labute approximate surface area is 179 Å². The van der Waals surface area contributed by atoms with Crippen LogP contribution in [0.5, 0.6) is 0 Å². The van der Waals surface area contributed by atoms with Crippen molar-refractivity contribution >= 4 is 33.3 Å². The lowest BCUT2D eigenvalue weighted by Gasteiger charge is -2.21. The van der Waals surface area contributed by atoms with E-state index in [0.29, 0.717) is 6.54 Å². The van der Waals surface area contributed by atoms with Crippen molar-refractivity contribution in [3.63, 3.8) is 0 Å². The Morgan fingerprint density at radius 2 is 1.60 bits per heavy atom. The lowest BCUT2D eigenvalue weighted by molar-refractivity contribution is 0.0784. The first-order valence-corrected chi connectivity index (χ1v) is 11.9. The van der Waals surface area contributed by atoms with Crippen molar-refractivity contribution in [2.75, 3.05) is 13.3 Å². The van der Waals surface area contributed by atoms with Crippen LogP contribution in [-0.2, 0) is 16.4 Å². The zero-order chi connectivity index (χ0) is 21.5. The van der Waals surface area contributed by atoms with Crippen LogP contribution in [0.25, 0.3) is 0 Å². The smallest absolute Gasteiger partial charge is 0.253 e. The number of thioether (sulfide) groups is 1. The van der Waals surface area contributed by atoms with Crippen LogP contribution in [0.2, 0.25) is 0 Å². The number of hydrogen-bond acceptors (Lipinski definition) is 5. The second-order valence-corrected chi connectivity index (χ2v) is 9.82. The minimum Gasteiger partial charge on any atom is -0.337 e. The molecule has 3 aromatic carbocycles. The molecule has 0 radical (unpaired) electrons. The summed E-state index contributed by atoms with van der Waals surface area (Å²) in [7, 11) is -2.21. The second-order valence-electron chi connectivity index (χ2n) is 7.05. The fourth-order valence-corrected chi connectivity index (χ4v) is 5.60. The van der Waals surface area contributed by atoms with Crippen molar-refractivity contribution < 1.29 is 18.0 Å². The van der Waals surface area contributed by atoms with Crippen LogP contribution in [0.3, 0.4) is 0 Å². The molecule has 0 saturated carbocycles. The summed E-state index contributed by atoms with van der Waals surface area (Å²) < 4.78 is 26.1. The molecule has 0 aliphatic carbocycles. The predicted molar refractivity (Wildman–Crippen MR) is 116 cm³/mol. The Morgan fingerprint density at radius 3 is 2.30 bits per heavy atom.